The molecular weight excluding hydrogens is 268 g/mol. The van der Waals surface area contributed by atoms with Gasteiger partial charge in [0.05, 0.1) is 11.7 Å². The zero-order valence-electron chi connectivity index (χ0n) is 13.9. The second kappa shape index (κ2) is 7.29. The molecule has 0 fully saturated rings. The summed E-state index contributed by atoms with van der Waals surface area (Å²) in [5.74, 6) is 6.38. The highest BCUT2D eigenvalue weighted by atomic mass is 16.5. The normalized spacial score (nSPS) is 12.4. The Hall–Kier alpha value is -2.04. The van der Waals surface area contributed by atoms with Crippen LogP contribution in [0, 0.1) is 11.8 Å². The van der Waals surface area contributed by atoms with Gasteiger partial charge in [-0.05, 0) is 57.0 Å². The summed E-state index contributed by atoms with van der Waals surface area (Å²) >= 11 is 0. The van der Waals surface area contributed by atoms with Crippen molar-refractivity contribution < 1.29 is 4.74 Å². The van der Waals surface area contributed by atoms with Gasteiger partial charge >= 0.3 is 0 Å². The smallest absolute Gasteiger partial charge is 0.0878 e. The van der Waals surface area contributed by atoms with E-state index in [9.17, 15) is 0 Å². The van der Waals surface area contributed by atoms with Gasteiger partial charge in [-0.2, -0.15) is 0 Å². The molecule has 2 rings (SSSR count). The highest BCUT2D eigenvalue weighted by Gasteiger charge is 2.23. The van der Waals surface area contributed by atoms with Gasteiger partial charge in [0.2, 0.25) is 0 Å². The Morgan fingerprint density at radius 1 is 0.909 bits per heavy atom. The van der Waals surface area contributed by atoms with Crippen LogP contribution in [0.1, 0.15) is 50.8 Å². The van der Waals surface area contributed by atoms with Crippen LogP contribution in [0.5, 0.6) is 0 Å². The van der Waals surface area contributed by atoms with E-state index in [1.807, 2.05) is 30.3 Å². The van der Waals surface area contributed by atoms with Gasteiger partial charge in [0.25, 0.3) is 0 Å². The predicted octanol–water partition coefficient (Wildman–Crippen LogP) is 5.14. The Labute approximate surface area is 134 Å². The molecule has 0 radical (unpaired) electrons. The molecule has 114 valence electrons. The minimum atomic E-state index is -0.277. The van der Waals surface area contributed by atoms with E-state index in [-0.39, 0.29) is 11.7 Å². The van der Waals surface area contributed by atoms with Gasteiger partial charge < -0.3 is 4.74 Å². The highest BCUT2D eigenvalue weighted by Crippen LogP contribution is 2.27. The number of ether oxygens (including phenoxy) is 1. The number of benzene rings is 2. The van der Waals surface area contributed by atoms with Crippen molar-refractivity contribution in [3.63, 3.8) is 0 Å². The molecule has 0 saturated carbocycles. The molecule has 2 aromatic carbocycles. The van der Waals surface area contributed by atoms with Crippen LogP contribution in [0.2, 0.25) is 0 Å². The molecule has 0 aliphatic heterocycles. The second-order valence-electron chi connectivity index (χ2n) is 6.04. The third kappa shape index (κ3) is 4.48. The fourth-order valence-corrected chi connectivity index (χ4v) is 2.28. The first-order valence-electron chi connectivity index (χ1n) is 7.86. The summed E-state index contributed by atoms with van der Waals surface area (Å²) < 4.78 is 6.11. The summed E-state index contributed by atoms with van der Waals surface area (Å²) in [7, 11) is 0. The maximum atomic E-state index is 6.11. The molecule has 1 nitrogen and oxygen atoms in total. The maximum absolute atomic E-state index is 6.11. The lowest BCUT2D eigenvalue weighted by molar-refractivity contribution is -0.0691. The van der Waals surface area contributed by atoms with Gasteiger partial charge in [-0.3, -0.25) is 0 Å². The largest absolute Gasteiger partial charge is 0.368 e. The van der Waals surface area contributed by atoms with E-state index in [2.05, 4.69) is 63.8 Å². The van der Waals surface area contributed by atoms with Gasteiger partial charge in [-0.15, -0.1) is 0 Å². The van der Waals surface area contributed by atoms with Crippen LogP contribution in [0.15, 0.2) is 54.6 Å². The second-order valence-corrected chi connectivity index (χ2v) is 6.04. The van der Waals surface area contributed by atoms with Gasteiger partial charge in [-0.1, -0.05) is 49.1 Å². The average molecular weight is 292 g/mol. The molecule has 0 amide bonds. The van der Waals surface area contributed by atoms with Crippen LogP contribution in [-0.4, -0.2) is 6.10 Å². The Kier molecular flexibility index (Phi) is 5.41. The van der Waals surface area contributed by atoms with Crippen LogP contribution in [0.4, 0.5) is 0 Å². The van der Waals surface area contributed by atoms with Gasteiger partial charge in [-0.25, -0.2) is 0 Å². The summed E-state index contributed by atoms with van der Waals surface area (Å²) in [6.45, 7) is 8.48. The molecule has 0 bridgehead atoms. The molecule has 0 N–H and O–H groups in total. The third-order valence-electron chi connectivity index (χ3n) is 3.78. The molecule has 1 atom stereocenters. The third-order valence-corrected chi connectivity index (χ3v) is 3.78. The number of rotatable bonds is 4. The van der Waals surface area contributed by atoms with Crippen LogP contribution in [0.3, 0.4) is 0 Å². The topological polar surface area (TPSA) is 9.23 Å². The van der Waals surface area contributed by atoms with Crippen molar-refractivity contribution in [1.29, 1.82) is 0 Å². The SMILES string of the molecule is CCC(C)OC(C)(C)c1ccc(C#Cc2ccccc2)cc1. The maximum Gasteiger partial charge on any atom is 0.0878 e. The first-order chi connectivity index (χ1) is 10.5. The van der Waals surface area contributed by atoms with Crippen molar-refractivity contribution in [1.82, 2.24) is 0 Å². The summed E-state index contributed by atoms with van der Waals surface area (Å²) in [6, 6.07) is 18.4. The Balaban J connectivity index is 2.12. The van der Waals surface area contributed by atoms with Crippen molar-refractivity contribution in [2.75, 3.05) is 0 Å². The van der Waals surface area contributed by atoms with Crippen molar-refractivity contribution in [2.45, 2.75) is 45.8 Å². The Morgan fingerprint density at radius 3 is 2.00 bits per heavy atom. The van der Waals surface area contributed by atoms with Crippen LogP contribution in [-0.2, 0) is 10.3 Å². The summed E-state index contributed by atoms with van der Waals surface area (Å²) in [6.07, 6.45) is 1.27. The van der Waals surface area contributed by atoms with Crippen molar-refractivity contribution >= 4 is 0 Å². The zero-order chi connectivity index (χ0) is 16.0. The fraction of sp³-hybridized carbons (Fsp3) is 0.333. The van der Waals surface area contributed by atoms with Crippen LogP contribution >= 0.6 is 0 Å². The minimum Gasteiger partial charge on any atom is -0.368 e. The van der Waals surface area contributed by atoms with Crippen molar-refractivity contribution in [3.8, 4) is 11.8 Å². The lowest BCUT2D eigenvalue weighted by atomic mass is 9.96. The Bertz CT molecular complexity index is 642. The lowest BCUT2D eigenvalue weighted by Gasteiger charge is -2.29. The summed E-state index contributed by atoms with van der Waals surface area (Å²) in [4.78, 5) is 0. The van der Waals surface area contributed by atoms with Crippen LogP contribution in [0.25, 0.3) is 0 Å². The highest BCUT2D eigenvalue weighted by molar-refractivity contribution is 5.43. The van der Waals surface area contributed by atoms with Crippen LogP contribution < -0.4 is 0 Å². The average Bonchev–Trinajstić information content (AvgIpc) is 2.54. The molecule has 0 aliphatic carbocycles. The number of hydrogen-bond acceptors (Lipinski definition) is 1. The van der Waals surface area contributed by atoms with Gasteiger partial charge in [0, 0.05) is 11.1 Å². The molecule has 22 heavy (non-hydrogen) atoms. The van der Waals surface area contributed by atoms with E-state index in [1.54, 1.807) is 0 Å². The minimum absolute atomic E-state index is 0.257. The van der Waals surface area contributed by atoms with Gasteiger partial charge in [0.1, 0.15) is 0 Å². The van der Waals surface area contributed by atoms with E-state index in [4.69, 9.17) is 4.74 Å². The first kappa shape index (κ1) is 16.3. The van der Waals surface area contributed by atoms with Gasteiger partial charge in [0.15, 0.2) is 0 Å². The van der Waals surface area contributed by atoms with Crippen molar-refractivity contribution in [3.05, 3.63) is 71.3 Å². The van der Waals surface area contributed by atoms with E-state index in [0.29, 0.717) is 0 Å². The molecule has 1 unspecified atom stereocenters. The molecule has 0 spiro atoms. The van der Waals surface area contributed by atoms with E-state index in [1.165, 1.54) is 5.56 Å². The molecule has 1 heteroatoms. The molecule has 0 aliphatic rings. The van der Waals surface area contributed by atoms with Crippen molar-refractivity contribution in [2.24, 2.45) is 0 Å². The fourth-order valence-electron chi connectivity index (χ4n) is 2.28. The summed E-state index contributed by atoms with van der Waals surface area (Å²) in [5.41, 5.74) is 2.96. The molecule has 0 aromatic heterocycles. The molecule has 2 aromatic rings. The lowest BCUT2D eigenvalue weighted by Crippen LogP contribution is -2.26. The molecule has 0 saturated heterocycles. The van der Waals surface area contributed by atoms with E-state index in [0.717, 1.165) is 17.5 Å². The molecule has 0 heterocycles. The predicted molar refractivity (Wildman–Crippen MR) is 92.7 cm³/mol. The van der Waals surface area contributed by atoms with E-state index >= 15 is 0 Å². The molecular formula is C21H24O. The Morgan fingerprint density at radius 2 is 1.45 bits per heavy atom. The zero-order valence-corrected chi connectivity index (χ0v) is 13.9. The first-order valence-corrected chi connectivity index (χ1v) is 7.86. The van der Waals surface area contributed by atoms with E-state index < -0.39 is 0 Å². The quantitative estimate of drug-likeness (QED) is 0.709. The monoisotopic (exact) mass is 292 g/mol. The number of hydrogen-bond donors (Lipinski definition) is 0. The summed E-state index contributed by atoms with van der Waals surface area (Å²) in [5, 5.41) is 0. The standard InChI is InChI=1S/C21H24O/c1-5-17(2)22-21(3,4)20-15-13-19(14-16-20)12-11-18-9-7-6-8-10-18/h6-10,13-17H,5H2,1-4H3.